The normalized spacial score (nSPS) is 11.1. The summed E-state index contributed by atoms with van der Waals surface area (Å²) in [5.41, 5.74) is 4.65. The van der Waals surface area contributed by atoms with E-state index in [1.807, 2.05) is 35.0 Å². The Kier molecular flexibility index (Phi) is 5.19. The molecule has 5 aromatic rings. The zero-order chi connectivity index (χ0) is 22.9. The maximum absolute atomic E-state index is 15.1. The summed E-state index contributed by atoms with van der Waals surface area (Å²) in [4.78, 5) is 8.85. The number of pyridine rings is 2. The Labute approximate surface area is 189 Å². The van der Waals surface area contributed by atoms with Gasteiger partial charge in [0.1, 0.15) is 17.3 Å². The van der Waals surface area contributed by atoms with E-state index in [1.165, 1.54) is 6.07 Å². The molecule has 0 saturated heterocycles. The maximum atomic E-state index is 15.1. The van der Waals surface area contributed by atoms with E-state index in [-0.39, 0.29) is 5.56 Å². The predicted molar refractivity (Wildman–Crippen MR) is 124 cm³/mol. The van der Waals surface area contributed by atoms with Crippen LogP contribution in [0.1, 0.15) is 23.6 Å². The topological polar surface area (TPSA) is 76.6 Å². The van der Waals surface area contributed by atoms with Gasteiger partial charge >= 0.3 is 0 Å². The van der Waals surface area contributed by atoms with Crippen molar-refractivity contribution in [3.8, 4) is 23.1 Å². The summed E-state index contributed by atoms with van der Waals surface area (Å²) in [6, 6.07) is 14.2. The first-order valence-electron chi connectivity index (χ1n) is 10.6. The number of hydrogen-bond donors (Lipinski definition) is 0. The summed E-state index contributed by atoms with van der Waals surface area (Å²) in [5, 5.41) is 15.6. The van der Waals surface area contributed by atoms with Gasteiger partial charge in [-0.05, 0) is 47.9 Å². The Balaban J connectivity index is 1.83. The molecule has 3 heterocycles. The number of aromatic nitrogens is 4. The molecule has 0 amide bonds. The summed E-state index contributed by atoms with van der Waals surface area (Å²) in [7, 11) is 1.64. The average Bonchev–Trinajstić information content (AvgIpc) is 3.21. The number of nitrogens with zero attached hydrogens (tertiary/aromatic N) is 5. The van der Waals surface area contributed by atoms with Crippen molar-refractivity contribution in [1.82, 2.24) is 19.7 Å². The first-order valence-corrected chi connectivity index (χ1v) is 10.6. The van der Waals surface area contributed by atoms with E-state index in [2.05, 4.69) is 16.9 Å². The van der Waals surface area contributed by atoms with Gasteiger partial charge in [-0.3, -0.25) is 14.6 Å². The van der Waals surface area contributed by atoms with E-state index >= 15 is 4.39 Å². The third kappa shape index (κ3) is 3.56. The van der Waals surface area contributed by atoms with Gasteiger partial charge in [0.05, 0.1) is 42.5 Å². The van der Waals surface area contributed by atoms with Crippen LogP contribution < -0.4 is 4.74 Å². The van der Waals surface area contributed by atoms with Crippen LogP contribution in [0.15, 0.2) is 61.1 Å². The smallest absolute Gasteiger partial charge is 0.134 e. The fraction of sp³-hybridized carbons (Fsp3) is 0.154. The molecular weight excluding hydrogens is 417 g/mol. The van der Waals surface area contributed by atoms with Crippen LogP contribution in [-0.2, 0) is 13.0 Å². The van der Waals surface area contributed by atoms with Crippen LogP contribution in [0.3, 0.4) is 0 Å². The number of aryl methyl sites for hydroxylation is 1. The molecular formula is C26H20FN5O. The van der Waals surface area contributed by atoms with Gasteiger partial charge in [0.2, 0.25) is 0 Å². The number of benzene rings is 2. The molecule has 33 heavy (non-hydrogen) atoms. The molecule has 2 aromatic carbocycles. The zero-order valence-electron chi connectivity index (χ0n) is 18.2. The summed E-state index contributed by atoms with van der Waals surface area (Å²) < 4.78 is 22.5. The van der Waals surface area contributed by atoms with E-state index in [9.17, 15) is 0 Å². The molecule has 0 aliphatic rings. The van der Waals surface area contributed by atoms with E-state index in [0.717, 1.165) is 45.1 Å². The minimum atomic E-state index is -0.490. The molecule has 0 radical (unpaired) electrons. The van der Waals surface area contributed by atoms with Crippen molar-refractivity contribution in [1.29, 1.82) is 5.26 Å². The highest BCUT2D eigenvalue weighted by Crippen LogP contribution is 2.37. The van der Waals surface area contributed by atoms with E-state index in [1.54, 1.807) is 37.8 Å². The monoisotopic (exact) mass is 437 g/mol. The zero-order valence-corrected chi connectivity index (χ0v) is 18.2. The molecule has 162 valence electrons. The highest BCUT2D eigenvalue weighted by molar-refractivity contribution is 6.11. The minimum absolute atomic E-state index is 0.264. The van der Waals surface area contributed by atoms with Gasteiger partial charge in [-0.15, -0.1) is 0 Å². The van der Waals surface area contributed by atoms with E-state index < -0.39 is 5.82 Å². The first kappa shape index (κ1) is 20.6. The Hall–Kier alpha value is -4.31. The number of fused-ring (bicyclic) bond motifs is 3. The highest BCUT2D eigenvalue weighted by Gasteiger charge is 2.20. The lowest BCUT2D eigenvalue weighted by atomic mass is 10.0. The Morgan fingerprint density at radius 3 is 2.73 bits per heavy atom. The fourth-order valence-corrected chi connectivity index (χ4v) is 4.14. The van der Waals surface area contributed by atoms with Crippen molar-refractivity contribution in [3.05, 3.63) is 83.6 Å². The van der Waals surface area contributed by atoms with E-state index in [0.29, 0.717) is 17.8 Å². The van der Waals surface area contributed by atoms with Crippen LogP contribution in [0.5, 0.6) is 5.75 Å². The third-order valence-electron chi connectivity index (χ3n) is 5.78. The lowest BCUT2D eigenvalue weighted by molar-refractivity contribution is 0.411. The van der Waals surface area contributed by atoms with Crippen molar-refractivity contribution in [2.45, 2.75) is 19.9 Å². The molecule has 0 unspecified atom stereocenters. The third-order valence-corrected chi connectivity index (χ3v) is 5.78. The molecule has 0 atom stereocenters. The number of halogens is 1. The molecule has 0 aliphatic heterocycles. The van der Waals surface area contributed by atoms with Crippen LogP contribution in [0, 0.1) is 17.1 Å². The summed E-state index contributed by atoms with van der Waals surface area (Å²) >= 11 is 0. The van der Waals surface area contributed by atoms with Gasteiger partial charge in [-0.25, -0.2) is 4.39 Å². The summed E-state index contributed by atoms with van der Waals surface area (Å²) in [6.07, 6.45) is 6.04. The number of ether oxygens (including phenoxy) is 1. The van der Waals surface area contributed by atoms with Crippen LogP contribution in [0.4, 0.5) is 4.39 Å². The molecule has 0 fully saturated rings. The predicted octanol–water partition coefficient (Wildman–Crippen LogP) is 5.28. The quantitative estimate of drug-likeness (QED) is 0.374. The van der Waals surface area contributed by atoms with Gasteiger partial charge in [0, 0.05) is 34.8 Å². The molecule has 6 nitrogen and oxygen atoms in total. The van der Waals surface area contributed by atoms with Gasteiger partial charge in [-0.2, -0.15) is 10.4 Å². The number of methoxy groups -OCH3 is 1. The van der Waals surface area contributed by atoms with Crippen LogP contribution >= 0.6 is 0 Å². The summed E-state index contributed by atoms with van der Waals surface area (Å²) in [6.45, 7) is 2.52. The Bertz CT molecular complexity index is 1540. The van der Waals surface area contributed by atoms with Crippen molar-refractivity contribution in [2.75, 3.05) is 7.11 Å². The Morgan fingerprint density at radius 2 is 2.03 bits per heavy atom. The molecule has 0 saturated carbocycles. The molecule has 0 aliphatic carbocycles. The first-order chi connectivity index (χ1) is 16.1. The second kappa shape index (κ2) is 8.32. The molecule has 3 aromatic heterocycles. The molecule has 0 spiro atoms. The SMILES string of the molecule is CCc1cc2c(cc1OC)ncc1c2c(-c2ccc(C#N)cc2F)nn1Cc1cccnc1. The number of hydrogen-bond acceptors (Lipinski definition) is 5. The Morgan fingerprint density at radius 1 is 1.15 bits per heavy atom. The molecule has 0 bridgehead atoms. The number of nitriles is 1. The number of rotatable bonds is 5. The fourth-order valence-electron chi connectivity index (χ4n) is 4.14. The average molecular weight is 437 g/mol. The largest absolute Gasteiger partial charge is 0.496 e. The highest BCUT2D eigenvalue weighted by atomic mass is 19.1. The lowest BCUT2D eigenvalue weighted by Gasteiger charge is -2.10. The van der Waals surface area contributed by atoms with E-state index in [4.69, 9.17) is 15.1 Å². The van der Waals surface area contributed by atoms with Crippen molar-refractivity contribution in [3.63, 3.8) is 0 Å². The van der Waals surface area contributed by atoms with Gasteiger partial charge in [0.25, 0.3) is 0 Å². The van der Waals surface area contributed by atoms with Crippen LogP contribution in [0.25, 0.3) is 33.1 Å². The van der Waals surface area contributed by atoms with Gasteiger partial charge < -0.3 is 4.74 Å². The standard InChI is InChI=1S/C26H20FN5O/c1-3-18-10-20-22(11-24(18)33-2)30-14-23-25(20)26(19-7-6-16(12-28)9-21(19)27)31-32(23)15-17-5-4-8-29-13-17/h4-11,13-14H,3,15H2,1-2H3. The van der Waals surface area contributed by atoms with Crippen molar-refractivity contribution >= 4 is 21.8 Å². The molecule has 7 heteroatoms. The van der Waals surface area contributed by atoms with Gasteiger partial charge in [-0.1, -0.05) is 13.0 Å². The van der Waals surface area contributed by atoms with Crippen molar-refractivity contribution < 1.29 is 9.13 Å². The summed E-state index contributed by atoms with van der Waals surface area (Å²) in [5.74, 6) is 0.280. The van der Waals surface area contributed by atoms with Crippen LogP contribution in [0.2, 0.25) is 0 Å². The van der Waals surface area contributed by atoms with Crippen LogP contribution in [-0.4, -0.2) is 26.9 Å². The molecule has 0 N–H and O–H groups in total. The second-order valence-electron chi connectivity index (χ2n) is 7.73. The lowest BCUT2D eigenvalue weighted by Crippen LogP contribution is -2.02. The molecule has 5 rings (SSSR count). The second-order valence-corrected chi connectivity index (χ2v) is 7.73. The minimum Gasteiger partial charge on any atom is -0.496 e. The van der Waals surface area contributed by atoms with Gasteiger partial charge in [0.15, 0.2) is 0 Å². The maximum Gasteiger partial charge on any atom is 0.134 e. The van der Waals surface area contributed by atoms with Crippen molar-refractivity contribution in [2.24, 2.45) is 0 Å².